The number of nitrogens with zero attached hydrogens (tertiary/aromatic N) is 2. The normalized spacial score (nSPS) is 10.9. The molecule has 0 radical (unpaired) electrons. The average Bonchev–Trinajstić information content (AvgIpc) is 2.84. The molecule has 1 aromatic carbocycles. The number of rotatable bonds is 3. The van der Waals surface area contributed by atoms with Crippen molar-refractivity contribution in [1.82, 2.24) is 9.97 Å². The van der Waals surface area contributed by atoms with Crippen molar-refractivity contribution in [2.24, 2.45) is 0 Å². The van der Waals surface area contributed by atoms with E-state index in [4.69, 9.17) is 0 Å². The molecule has 0 bridgehead atoms. The summed E-state index contributed by atoms with van der Waals surface area (Å²) in [5.41, 5.74) is 2.19. The van der Waals surface area contributed by atoms with Crippen molar-refractivity contribution >= 4 is 54.9 Å². The molecule has 0 spiro atoms. The summed E-state index contributed by atoms with van der Waals surface area (Å²) in [6, 6.07) is 8.21. The smallest absolute Gasteiger partial charge is 0.225 e. The van der Waals surface area contributed by atoms with E-state index in [9.17, 15) is 0 Å². The molecule has 4 nitrogen and oxygen atoms in total. The Morgan fingerprint density at radius 1 is 1.19 bits per heavy atom. The Bertz CT molecular complexity index is 813. The topological polar surface area (TPSA) is 49.8 Å². The van der Waals surface area contributed by atoms with E-state index in [1.54, 1.807) is 11.3 Å². The Hall–Kier alpha value is -1.66. The number of nitrogens with one attached hydrogen (secondary N) is 2. The van der Waals surface area contributed by atoms with Gasteiger partial charge in [-0.05, 0) is 37.6 Å². The van der Waals surface area contributed by atoms with E-state index >= 15 is 0 Å². The first kappa shape index (κ1) is 14.3. The van der Waals surface area contributed by atoms with Crippen LogP contribution in [0.25, 0.3) is 10.2 Å². The highest BCUT2D eigenvalue weighted by Gasteiger charge is 2.11. The van der Waals surface area contributed by atoms with E-state index < -0.39 is 0 Å². The van der Waals surface area contributed by atoms with Gasteiger partial charge in [-0.3, -0.25) is 0 Å². The number of aromatic nitrogens is 2. The summed E-state index contributed by atoms with van der Waals surface area (Å²) in [4.78, 5) is 11.3. The zero-order chi connectivity index (χ0) is 15.0. The van der Waals surface area contributed by atoms with Crippen LogP contribution in [-0.4, -0.2) is 17.0 Å². The Kier molecular flexibility index (Phi) is 3.82. The summed E-state index contributed by atoms with van der Waals surface area (Å²) in [5.74, 6) is 1.45. The van der Waals surface area contributed by atoms with Crippen molar-refractivity contribution in [3.8, 4) is 0 Å². The number of hydrogen-bond donors (Lipinski definition) is 2. The fourth-order valence-corrected chi connectivity index (χ4v) is 3.37. The largest absolute Gasteiger partial charge is 0.357 e. The highest BCUT2D eigenvalue weighted by atomic mass is 79.9. The molecule has 2 N–H and O–H groups in total. The summed E-state index contributed by atoms with van der Waals surface area (Å²) < 4.78 is 1.08. The Labute approximate surface area is 135 Å². The number of hydrogen-bond acceptors (Lipinski definition) is 5. The van der Waals surface area contributed by atoms with Crippen molar-refractivity contribution in [3.05, 3.63) is 39.2 Å². The summed E-state index contributed by atoms with van der Waals surface area (Å²) in [5, 5.41) is 7.50. The third-order valence-electron chi connectivity index (χ3n) is 3.26. The first-order chi connectivity index (χ1) is 10.1. The SMILES string of the molecule is CNc1nc(Nc2cccc(Br)c2C)c2cc(C)sc2n1. The number of benzene rings is 1. The standard InChI is InChI=1S/C15H15BrN4S/c1-8-7-10-13(19-15(17-3)20-14(10)21-8)18-12-6-4-5-11(16)9(12)2/h4-7H,1-3H3,(H2,17,18,19,20). The van der Waals surface area contributed by atoms with Crippen LogP contribution in [0.2, 0.25) is 0 Å². The second-order valence-corrected chi connectivity index (χ2v) is 6.85. The summed E-state index contributed by atoms with van der Waals surface area (Å²) >= 11 is 5.23. The lowest BCUT2D eigenvalue weighted by atomic mass is 10.2. The maximum absolute atomic E-state index is 4.56. The molecular weight excluding hydrogens is 348 g/mol. The molecule has 0 aliphatic rings. The van der Waals surface area contributed by atoms with Gasteiger partial charge in [-0.2, -0.15) is 4.98 Å². The summed E-state index contributed by atoms with van der Waals surface area (Å²) in [7, 11) is 1.83. The molecule has 2 aromatic heterocycles. The van der Waals surface area contributed by atoms with E-state index in [-0.39, 0.29) is 0 Å². The molecule has 0 atom stereocenters. The van der Waals surface area contributed by atoms with Gasteiger partial charge in [0.1, 0.15) is 10.6 Å². The second-order valence-electron chi connectivity index (χ2n) is 4.76. The van der Waals surface area contributed by atoms with Crippen LogP contribution in [0.1, 0.15) is 10.4 Å². The quantitative estimate of drug-likeness (QED) is 0.698. The molecule has 0 unspecified atom stereocenters. The van der Waals surface area contributed by atoms with Gasteiger partial charge in [-0.1, -0.05) is 22.0 Å². The molecule has 6 heteroatoms. The Morgan fingerprint density at radius 3 is 2.76 bits per heavy atom. The van der Waals surface area contributed by atoms with Crippen molar-refractivity contribution in [2.45, 2.75) is 13.8 Å². The summed E-state index contributed by atoms with van der Waals surface area (Å²) in [6.07, 6.45) is 0. The molecule has 3 rings (SSSR count). The number of thiophene rings is 1. The second kappa shape index (κ2) is 5.61. The molecule has 0 aliphatic carbocycles. The molecule has 0 amide bonds. The van der Waals surface area contributed by atoms with Crippen molar-refractivity contribution in [1.29, 1.82) is 0 Å². The molecule has 108 valence electrons. The van der Waals surface area contributed by atoms with Crippen LogP contribution < -0.4 is 10.6 Å². The molecule has 3 aromatic rings. The first-order valence-corrected chi connectivity index (χ1v) is 8.17. The van der Waals surface area contributed by atoms with Crippen LogP contribution in [0.15, 0.2) is 28.7 Å². The minimum Gasteiger partial charge on any atom is -0.357 e. The van der Waals surface area contributed by atoms with Crippen LogP contribution >= 0.6 is 27.3 Å². The van der Waals surface area contributed by atoms with Gasteiger partial charge in [0, 0.05) is 22.1 Å². The van der Waals surface area contributed by atoms with Gasteiger partial charge in [-0.15, -0.1) is 11.3 Å². The lowest BCUT2D eigenvalue weighted by molar-refractivity contribution is 1.20. The average molecular weight is 363 g/mol. The molecule has 0 aliphatic heterocycles. The highest BCUT2D eigenvalue weighted by Crippen LogP contribution is 2.33. The molecule has 0 saturated carbocycles. The monoisotopic (exact) mass is 362 g/mol. The number of halogens is 1. The van der Waals surface area contributed by atoms with Crippen LogP contribution in [0, 0.1) is 13.8 Å². The zero-order valence-corrected chi connectivity index (χ0v) is 14.4. The van der Waals surface area contributed by atoms with Crippen LogP contribution in [0.5, 0.6) is 0 Å². The summed E-state index contributed by atoms with van der Waals surface area (Å²) in [6.45, 7) is 4.15. The van der Waals surface area contributed by atoms with Crippen LogP contribution in [-0.2, 0) is 0 Å². The Morgan fingerprint density at radius 2 is 2.00 bits per heavy atom. The van der Waals surface area contributed by atoms with Gasteiger partial charge in [0.2, 0.25) is 5.95 Å². The lowest BCUT2D eigenvalue weighted by Gasteiger charge is -2.11. The van der Waals surface area contributed by atoms with E-state index in [1.165, 1.54) is 4.88 Å². The van der Waals surface area contributed by atoms with Crippen molar-refractivity contribution < 1.29 is 0 Å². The van der Waals surface area contributed by atoms with E-state index in [0.717, 1.165) is 31.8 Å². The fraction of sp³-hybridized carbons (Fsp3) is 0.200. The van der Waals surface area contributed by atoms with Gasteiger partial charge in [-0.25, -0.2) is 4.98 Å². The molecule has 2 heterocycles. The van der Waals surface area contributed by atoms with E-state index in [2.05, 4.69) is 56.4 Å². The van der Waals surface area contributed by atoms with Gasteiger partial charge >= 0.3 is 0 Å². The zero-order valence-electron chi connectivity index (χ0n) is 12.0. The number of anilines is 3. The van der Waals surface area contributed by atoms with Crippen LogP contribution in [0.3, 0.4) is 0 Å². The van der Waals surface area contributed by atoms with Crippen molar-refractivity contribution in [3.63, 3.8) is 0 Å². The first-order valence-electron chi connectivity index (χ1n) is 6.56. The molecule has 0 saturated heterocycles. The minimum absolute atomic E-state index is 0.625. The number of fused-ring (bicyclic) bond motifs is 1. The van der Waals surface area contributed by atoms with E-state index in [0.29, 0.717) is 5.95 Å². The third kappa shape index (κ3) is 2.73. The predicted octanol–water partition coefficient (Wildman–Crippen LogP) is 4.86. The fourth-order valence-electron chi connectivity index (χ4n) is 2.12. The Balaban J connectivity index is 2.12. The number of aryl methyl sites for hydroxylation is 1. The molecular formula is C15H15BrN4S. The van der Waals surface area contributed by atoms with Gasteiger partial charge in [0.15, 0.2) is 0 Å². The third-order valence-corrected chi connectivity index (χ3v) is 5.06. The van der Waals surface area contributed by atoms with Crippen LogP contribution in [0.4, 0.5) is 17.5 Å². The lowest BCUT2D eigenvalue weighted by Crippen LogP contribution is -2.01. The predicted molar refractivity (Wildman–Crippen MR) is 93.9 cm³/mol. The molecule has 0 fully saturated rings. The van der Waals surface area contributed by atoms with Gasteiger partial charge in [0.25, 0.3) is 0 Å². The minimum atomic E-state index is 0.625. The molecule has 21 heavy (non-hydrogen) atoms. The highest BCUT2D eigenvalue weighted by molar-refractivity contribution is 9.10. The maximum Gasteiger partial charge on any atom is 0.225 e. The van der Waals surface area contributed by atoms with Gasteiger partial charge in [0.05, 0.1) is 5.39 Å². The van der Waals surface area contributed by atoms with Crippen molar-refractivity contribution in [2.75, 3.05) is 17.7 Å². The van der Waals surface area contributed by atoms with Gasteiger partial charge < -0.3 is 10.6 Å². The maximum atomic E-state index is 4.56. The van der Waals surface area contributed by atoms with E-state index in [1.807, 2.05) is 25.2 Å².